The number of hydrogen-bond donors (Lipinski definition) is 2. The quantitative estimate of drug-likeness (QED) is 0.456. The number of halogens is 2. The maximum Gasteiger partial charge on any atom is 0.329 e. The van der Waals surface area contributed by atoms with Gasteiger partial charge < -0.3 is 5.32 Å². The van der Waals surface area contributed by atoms with Gasteiger partial charge in [0.2, 0.25) is 0 Å². The van der Waals surface area contributed by atoms with E-state index in [1.54, 1.807) is 24.3 Å². The van der Waals surface area contributed by atoms with E-state index in [-0.39, 0.29) is 22.4 Å². The molecule has 164 valence electrons. The Morgan fingerprint density at radius 1 is 1.00 bits per heavy atom. The number of rotatable bonds is 6. The lowest BCUT2D eigenvalue weighted by Gasteiger charge is -2.12. The van der Waals surface area contributed by atoms with Crippen LogP contribution in [0, 0.1) is 11.6 Å². The van der Waals surface area contributed by atoms with Gasteiger partial charge in [-0.1, -0.05) is 43.7 Å². The molecule has 3 amide bonds. The molecule has 0 bridgehead atoms. The lowest BCUT2D eigenvalue weighted by Crippen LogP contribution is -2.30. The van der Waals surface area contributed by atoms with Crippen LogP contribution in [0.25, 0.3) is 11.8 Å². The molecule has 2 aromatic carbocycles. The van der Waals surface area contributed by atoms with Gasteiger partial charge in [0.05, 0.1) is 17.8 Å². The Labute approximate surface area is 182 Å². The molecule has 2 N–H and O–H groups in total. The number of aromatic nitrogens is 2. The maximum atomic E-state index is 14.0. The molecule has 1 saturated heterocycles. The number of aryl methyl sites for hydroxylation is 1. The molecule has 2 heterocycles. The van der Waals surface area contributed by atoms with Gasteiger partial charge in [0, 0.05) is 11.3 Å². The van der Waals surface area contributed by atoms with Crippen molar-refractivity contribution in [3.05, 3.63) is 93.0 Å². The molecule has 3 aromatic rings. The van der Waals surface area contributed by atoms with Gasteiger partial charge in [0.15, 0.2) is 11.6 Å². The highest BCUT2D eigenvalue weighted by Gasteiger charge is 2.35. The first-order valence-electron chi connectivity index (χ1n) is 10.1. The van der Waals surface area contributed by atoms with Crippen LogP contribution in [-0.2, 0) is 17.8 Å². The Hall–Kier alpha value is -4.01. The number of carbonyl (C=O) groups is 2. The van der Waals surface area contributed by atoms with E-state index < -0.39 is 30.1 Å². The minimum absolute atomic E-state index is 0.111. The largest absolute Gasteiger partial charge is 0.329 e. The van der Waals surface area contributed by atoms with Crippen LogP contribution < -0.4 is 10.9 Å². The number of para-hydroxylation sites is 1. The number of benzene rings is 2. The molecule has 32 heavy (non-hydrogen) atoms. The van der Waals surface area contributed by atoms with Crippen molar-refractivity contribution in [2.75, 3.05) is 0 Å². The first-order valence-corrected chi connectivity index (χ1v) is 10.1. The summed E-state index contributed by atoms with van der Waals surface area (Å²) in [7, 11) is 0. The van der Waals surface area contributed by atoms with Gasteiger partial charge in [0.1, 0.15) is 5.70 Å². The molecule has 1 aliphatic rings. The Kier molecular flexibility index (Phi) is 5.72. The van der Waals surface area contributed by atoms with E-state index >= 15 is 0 Å². The van der Waals surface area contributed by atoms with Crippen molar-refractivity contribution in [2.45, 2.75) is 26.3 Å². The number of carbonyl (C=O) groups excluding carboxylic acids is 2. The summed E-state index contributed by atoms with van der Waals surface area (Å²) in [5, 5.41) is 5.49. The molecule has 1 aromatic heterocycles. The van der Waals surface area contributed by atoms with Gasteiger partial charge in [-0.3, -0.25) is 19.6 Å². The fraction of sp³-hybridized carbons (Fsp3) is 0.174. The van der Waals surface area contributed by atoms with Crippen LogP contribution >= 0.6 is 0 Å². The normalized spacial score (nSPS) is 15.0. The average molecular weight is 438 g/mol. The van der Waals surface area contributed by atoms with Crippen LogP contribution in [0.3, 0.4) is 0 Å². The molecule has 0 atom stereocenters. The average Bonchev–Trinajstić information content (AvgIpc) is 3.23. The number of aromatic amines is 1. The van der Waals surface area contributed by atoms with E-state index in [1.807, 2.05) is 13.0 Å². The molecule has 0 spiro atoms. The second-order valence-corrected chi connectivity index (χ2v) is 7.32. The van der Waals surface area contributed by atoms with E-state index in [1.165, 1.54) is 22.9 Å². The molecule has 0 saturated carbocycles. The fourth-order valence-electron chi connectivity index (χ4n) is 3.54. The topological polar surface area (TPSA) is 87.2 Å². The van der Waals surface area contributed by atoms with Crippen LogP contribution in [0.4, 0.5) is 13.6 Å². The van der Waals surface area contributed by atoms with Gasteiger partial charge in [0.25, 0.3) is 11.5 Å². The summed E-state index contributed by atoms with van der Waals surface area (Å²) in [6, 6.07) is 11.7. The van der Waals surface area contributed by atoms with Crippen LogP contribution in [-0.4, -0.2) is 26.6 Å². The van der Waals surface area contributed by atoms with Gasteiger partial charge >= 0.3 is 6.03 Å². The summed E-state index contributed by atoms with van der Waals surface area (Å²) in [5.41, 5.74) is 0.881. The molecule has 9 heteroatoms. The summed E-state index contributed by atoms with van der Waals surface area (Å²) in [6.07, 6.45) is 2.62. The highest BCUT2D eigenvalue weighted by atomic mass is 19.2. The Morgan fingerprint density at radius 2 is 1.75 bits per heavy atom. The van der Waals surface area contributed by atoms with Crippen molar-refractivity contribution >= 4 is 18.0 Å². The third kappa shape index (κ3) is 3.84. The monoisotopic (exact) mass is 438 g/mol. The number of H-pyrrole nitrogens is 1. The highest BCUT2D eigenvalue weighted by Crippen LogP contribution is 2.20. The van der Waals surface area contributed by atoms with Crippen LogP contribution in [0.15, 0.2) is 59.0 Å². The number of amides is 3. The zero-order valence-corrected chi connectivity index (χ0v) is 17.2. The van der Waals surface area contributed by atoms with E-state index in [0.717, 1.165) is 17.4 Å². The lowest BCUT2D eigenvalue weighted by molar-refractivity contribution is -0.123. The molecule has 0 aliphatic carbocycles. The number of urea groups is 1. The predicted octanol–water partition coefficient (Wildman–Crippen LogP) is 3.49. The maximum absolute atomic E-state index is 14.0. The molecule has 0 unspecified atom stereocenters. The second-order valence-electron chi connectivity index (χ2n) is 7.32. The predicted molar refractivity (Wildman–Crippen MR) is 114 cm³/mol. The number of imide groups is 1. The molecule has 7 nitrogen and oxygen atoms in total. The summed E-state index contributed by atoms with van der Waals surface area (Å²) in [5.74, 6) is -2.91. The van der Waals surface area contributed by atoms with Gasteiger partial charge in [-0.2, -0.15) is 0 Å². The van der Waals surface area contributed by atoms with Crippen LogP contribution in [0.2, 0.25) is 0 Å². The Bertz CT molecular complexity index is 1280. The third-order valence-electron chi connectivity index (χ3n) is 5.13. The number of hydrogen-bond acceptors (Lipinski definition) is 3. The molecular weight excluding hydrogens is 418 g/mol. The van der Waals surface area contributed by atoms with E-state index in [4.69, 9.17) is 0 Å². The zero-order chi connectivity index (χ0) is 22.8. The molecule has 1 aliphatic heterocycles. The van der Waals surface area contributed by atoms with Crippen molar-refractivity contribution in [3.63, 3.8) is 0 Å². The van der Waals surface area contributed by atoms with Crippen molar-refractivity contribution in [3.8, 4) is 5.69 Å². The minimum atomic E-state index is -1.12. The van der Waals surface area contributed by atoms with Crippen molar-refractivity contribution < 1.29 is 18.4 Å². The van der Waals surface area contributed by atoms with Crippen molar-refractivity contribution in [1.29, 1.82) is 0 Å². The van der Waals surface area contributed by atoms with E-state index in [2.05, 4.69) is 10.4 Å². The fourth-order valence-corrected chi connectivity index (χ4v) is 3.54. The molecule has 0 radical (unpaired) electrons. The first kappa shape index (κ1) is 21.2. The van der Waals surface area contributed by atoms with Gasteiger partial charge in [-0.05, 0) is 30.7 Å². The third-order valence-corrected chi connectivity index (χ3v) is 5.13. The lowest BCUT2D eigenvalue weighted by atomic mass is 10.1. The van der Waals surface area contributed by atoms with E-state index in [0.29, 0.717) is 17.8 Å². The highest BCUT2D eigenvalue weighted by molar-refractivity contribution is 6.13. The van der Waals surface area contributed by atoms with Crippen LogP contribution in [0.5, 0.6) is 0 Å². The van der Waals surface area contributed by atoms with Crippen molar-refractivity contribution in [2.24, 2.45) is 0 Å². The summed E-state index contributed by atoms with van der Waals surface area (Å²) in [4.78, 5) is 39.0. The van der Waals surface area contributed by atoms with Crippen molar-refractivity contribution in [1.82, 2.24) is 20.0 Å². The molecule has 4 rings (SSSR count). The zero-order valence-electron chi connectivity index (χ0n) is 17.2. The number of nitrogens with zero attached hydrogens (tertiary/aromatic N) is 2. The Morgan fingerprint density at radius 3 is 2.47 bits per heavy atom. The molecular formula is C23H20F2N4O3. The van der Waals surface area contributed by atoms with Gasteiger partial charge in [-0.15, -0.1) is 0 Å². The molecule has 1 fully saturated rings. The van der Waals surface area contributed by atoms with Gasteiger partial charge in [-0.25, -0.2) is 18.3 Å². The number of nitrogens with one attached hydrogen (secondary N) is 2. The second kappa shape index (κ2) is 8.62. The van der Waals surface area contributed by atoms with Crippen LogP contribution in [0.1, 0.15) is 30.2 Å². The standard InChI is InChI=1S/C23H20F2N4O3/c1-2-7-18-16(21(30)29(27-18)15-9-4-3-5-10-15)12-19-22(31)28(23(32)26-19)13-14-8-6-11-17(24)20(14)25/h3-6,8-12,27H,2,7,13H2,1H3,(H,26,32)/b19-12-. The first-order chi connectivity index (χ1) is 15.4. The van der Waals surface area contributed by atoms with E-state index in [9.17, 15) is 23.2 Å². The Balaban J connectivity index is 1.69. The summed E-state index contributed by atoms with van der Waals surface area (Å²) in [6.45, 7) is 1.52. The minimum Gasteiger partial charge on any atom is -0.303 e. The summed E-state index contributed by atoms with van der Waals surface area (Å²) < 4.78 is 28.9. The SMILES string of the molecule is CCCc1[nH]n(-c2ccccc2)c(=O)c1/C=C1\NC(=O)N(Cc2cccc(F)c2F)C1=O. The summed E-state index contributed by atoms with van der Waals surface area (Å²) >= 11 is 0. The smallest absolute Gasteiger partial charge is 0.303 e.